The molecule has 0 saturated carbocycles. The van der Waals surface area contributed by atoms with E-state index in [2.05, 4.69) is 18.8 Å². The van der Waals surface area contributed by atoms with Crippen molar-refractivity contribution in [2.75, 3.05) is 18.8 Å². The zero-order valence-corrected chi connectivity index (χ0v) is 11.4. The molecule has 0 aliphatic heterocycles. The van der Waals surface area contributed by atoms with Gasteiger partial charge in [-0.05, 0) is 25.0 Å². The van der Waals surface area contributed by atoms with Gasteiger partial charge >= 0.3 is 0 Å². The molecule has 0 bridgehead atoms. The smallest absolute Gasteiger partial charge is 0.272 e. The van der Waals surface area contributed by atoms with Gasteiger partial charge in [-0.25, -0.2) is 4.98 Å². The van der Waals surface area contributed by atoms with Gasteiger partial charge in [-0.3, -0.25) is 4.79 Å². The molecule has 4 heteroatoms. The number of nitrogens with zero attached hydrogens (tertiary/aromatic N) is 2. The van der Waals surface area contributed by atoms with Gasteiger partial charge in [-0.15, -0.1) is 0 Å². The highest BCUT2D eigenvalue weighted by molar-refractivity contribution is 5.92. The number of nitrogens with two attached hydrogens (primary N) is 1. The molecule has 0 aliphatic rings. The summed E-state index contributed by atoms with van der Waals surface area (Å²) in [6.07, 6.45) is 4.22. The topological polar surface area (TPSA) is 59.2 Å². The normalized spacial score (nSPS) is 10.3. The number of carbonyl (C=O) groups is 1. The lowest BCUT2D eigenvalue weighted by Gasteiger charge is -2.22. The first-order valence-electron chi connectivity index (χ1n) is 6.70. The van der Waals surface area contributed by atoms with E-state index in [-0.39, 0.29) is 5.91 Å². The molecular formula is C14H23N3O. The molecule has 0 saturated heterocycles. The quantitative estimate of drug-likeness (QED) is 0.808. The van der Waals surface area contributed by atoms with Crippen LogP contribution in [0, 0.1) is 0 Å². The Morgan fingerprint density at radius 1 is 1.22 bits per heavy atom. The van der Waals surface area contributed by atoms with E-state index in [1.54, 1.807) is 18.2 Å². The first kappa shape index (κ1) is 14.5. The van der Waals surface area contributed by atoms with Crippen LogP contribution in [-0.2, 0) is 0 Å². The third-order valence-corrected chi connectivity index (χ3v) is 2.84. The van der Waals surface area contributed by atoms with E-state index >= 15 is 0 Å². The summed E-state index contributed by atoms with van der Waals surface area (Å²) in [4.78, 5) is 18.3. The molecule has 0 aromatic carbocycles. The van der Waals surface area contributed by atoms with Gasteiger partial charge in [-0.2, -0.15) is 0 Å². The Morgan fingerprint density at radius 3 is 2.33 bits per heavy atom. The average Bonchev–Trinajstić information content (AvgIpc) is 2.38. The number of hydrogen-bond donors (Lipinski definition) is 1. The molecule has 0 spiro atoms. The fraction of sp³-hybridized carbons (Fsp3) is 0.571. The highest BCUT2D eigenvalue weighted by atomic mass is 16.2. The van der Waals surface area contributed by atoms with E-state index in [4.69, 9.17) is 5.73 Å². The SMILES string of the molecule is CCCCN(CCCC)C(=O)c1cccc(N)n1. The second-order valence-electron chi connectivity index (χ2n) is 4.45. The predicted molar refractivity (Wildman–Crippen MR) is 74.4 cm³/mol. The molecule has 4 nitrogen and oxygen atoms in total. The van der Waals surface area contributed by atoms with E-state index in [0.717, 1.165) is 38.8 Å². The summed E-state index contributed by atoms with van der Waals surface area (Å²) >= 11 is 0. The fourth-order valence-corrected chi connectivity index (χ4v) is 1.75. The minimum atomic E-state index is -0.01000. The van der Waals surface area contributed by atoms with Crippen LogP contribution >= 0.6 is 0 Å². The van der Waals surface area contributed by atoms with Gasteiger partial charge in [0.2, 0.25) is 0 Å². The van der Waals surface area contributed by atoms with E-state index in [1.807, 2.05) is 4.90 Å². The van der Waals surface area contributed by atoms with Crippen LogP contribution in [0.1, 0.15) is 50.0 Å². The van der Waals surface area contributed by atoms with Crippen molar-refractivity contribution in [3.8, 4) is 0 Å². The number of hydrogen-bond acceptors (Lipinski definition) is 3. The first-order valence-corrected chi connectivity index (χ1v) is 6.70. The Labute approximate surface area is 109 Å². The van der Waals surface area contributed by atoms with E-state index in [1.165, 1.54) is 0 Å². The number of carbonyl (C=O) groups excluding carboxylic acids is 1. The van der Waals surface area contributed by atoms with Crippen LogP contribution in [0.4, 0.5) is 5.82 Å². The maximum atomic E-state index is 12.3. The van der Waals surface area contributed by atoms with Gasteiger partial charge in [0.05, 0.1) is 0 Å². The largest absolute Gasteiger partial charge is 0.384 e. The Hall–Kier alpha value is -1.58. The lowest BCUT2D eigenvalue weighted by atomic mass is 10.2. The summed E-state index contributed by atoms with van der Waals surface area (Å²) in [5.41, 5.74) is 6.06. The molecule has 1 aromatic heterocycles. The minimum Gasteiger partial charge on any atom is -0.384 e. The monoisotopic (exact) mass is 249 g/mol. The van der Waals surface area contributed by atoms with Crippen LogP contribution < -0.4 is 5.73 Å². The number of anilines is 1. The zero-order valence-electron chi connectivity index (χ0n) is 11.4. The van der Waals surface area contributed by atoms with Gasteiger partial charge in [0.1, 0.15) is 11.5 Å². The van der Waals surface area contributed by atoms with Crippen LogP contribution in [0.25, 0.3) is 0 Å². The zero-order chi connectivity index (χ0) is 13.4. The molecule has 1 aromatic rings. The molecule has 1 heterocycles. The lowest BCUT2D eigenvalue weighted by Crippen LogP contribution is -2.33. The molecule has 2 N–H and O–H groups in total. The summed E-state index contributed by atoms with van der Waals surface area (Å²) in [6.45, 7) is 5.85. The molecular weight excluding hydrogens is 226 g/mol. The summed E-state index contributed by atoms with van der Waals surface area (Å²) in [6, 6.07) is 5.19. The molecule has 18 heavy (non-hydrogen) atoms. The van der Waals surface area contributed by atoms with Crippen LogP contribution in [0.5, 0.6) is 0 Å². The second kappa shape index (κ2) is 7.69. The van der Waals surface area contributed by atoms with Gasteiger partial charge in [0, 0.05) is 13.1 Å². The van der Waals surface area contributed by atoms with Crippen molar-refractivity contribution >= 4 is 11.7 Å². The van der Waals surface area contributed by atoms with Crippen LogP contribution in [-0.4, -0.2) is 28.9 Å². The van der Waals surface area contributed by atoms with Crippen LogP contribution in [0.15, 0.2) is 18.2 Å². The molecule has 100 valence electrons. The summed E-state index contributed by atoms with van der Waals surface area (Å²) in [7, 11) is 0. The van der Waals surface area contributed by atoms with Crippen molar-refractivity contribution in [2.45, 2.75) is 39.5 Å². The van der Waals surface area contributed by atoms with Crippen LogP contribution in [0.2, 0.25) is 0 Å². The third-order valence-electron chi connectivity index (χ3n) is 2.84. The van der Waals surface area contributed by atoms with Crippen molar-refractivity contribution < 1.29 is 4.79 Å². The number of rotatable bonds is 7. The molecule has 0 atom stereocenters. The van der Waals surface area contributed by atoms with Crippen molar-refractivity contribution in [3.63, 3.8) is 0 Å². The summed E-state index contributed by atoms with van der Waals surface area (Å²) < 4.78 is 0. The van der Waals surface area contributed by atoms with E-state index < -0.39 is 0 Å². The maximum Gasteiger partial charge on any atom is 0.272 e. The Morgan fingerprint density at radius 2 is 1.83 bits per heavy atom. The number of unbranched alkanes of at least 4 members (excludes halogenated alkanes) is 2. The molecule has 1 rings (SSSR count). The highest BCUT2D eigenvalue weighted by Crippen LogP contribution is 2.08. The third kappa shape index (κ3) is 4.35. The van der Waals surface area contributed by atoms with Crippen molar-refractivity contribution in [1.29, 1.82) is 0 Å². The number of nitrogen functional groups attached to an aromatic ring is 1. The lowest BCUT2D eigenvalue weighted by molar-refractivity contribution is 0.0745. The molecule has 0 fully saturated rings. The fourth-order valence-electron chi connectivity index (χ4n) is 1.75. The van der Waals surface area contributed by atoms with Gasteiger partial charge < -0.3 is 10.6 Å². The standard InChI is InChI=1S/C14H23N3O/c1-3-5-10-17(11-6-4-2)14(18)12-8-7-9-13(15)16-12/h7-9H,3-6,10-11H2,1-2H3,(H2,15,16). The molecule has 0 unspecified atom stereocenters. The van der Waals surface area contributed by atoms with E-state index in [0.29, 0.717) is 11.5 Å². The van der Waals surface area contributed by atoms with Crippen molar-refractivity contribution in [1.82, 2.24) is 9.88 Å². The Kier molecular flexibility index (Phi) is 6.19. The van der Waals surface area contributed by atoms with Crippen LogP contribution in [0.3, 0.4) is 0 Å². The molecule has 0 aliphatic carbocycles. The summed E-state index contributed by atoms with van der Waals surface area (Å²) in [5.74, 6) is 0.385. The average molecular weight is 249 g/mol. The van der Waals surface area contributed by atoms with E-state index in [9.17, 15) is 4.79 Å². The van der Waals surface area contributed by atoms with Gasteiger partial charge in [-0.1, -0.05) is 32.8 Å². The Bertz CT molecular complexity index is 371. The highest BCUT2D eigenvalue weighted by Gasteiger charge is 2.15. The number of aromatic nitrogens is 1. The van der Waals surface area contributed by atoms with Gasteiger partial charge in [0.25, 0.3) is 5.91 Å². The molecule has 1 amide bonds. The molecule has 0 radical (unpaired) electrons. The maximum absolute atomic E-state index is 12.3. The van der Waals surface area contributed by atoms with Crippen molar-refractivity contribution in [3.05, 3.63) is 23.9 Å². The summed E-state index contributed by atoms with van der Waals surface area (Å²) in [5, 5.41) is 0. The second-order valence-corrected chi connectivity index (χ2v) is 4.45. The first-order chi connectivity index (χ1) is 8.69. The number of amides is 1. The predicted octanol–water partition coefficient (Wildman–Crippen LogP) is 2.71. The Balaban J connectivity index is 2.73. The van der Waals surface area contributed by atoms with Crippen molar-refractivity contribution in [2.24, 2.45) is 0 Å². The minimum absolute atomic E-state index is 0.01000. The van der Waals surface area contributed by atoms with Gasteiger partial charge in [0.15, 0.2) is 0 Å². The number of pyridine rings is 1.